The van der Waals surface area contributed by atoms with E-state index in [4.69, 9.17) is 16.3 Å². The molecule has 0 atom stereocenters. The minimum Gasteiger partial charge on any atom is -0.497 e. The van der Waals surface area contributed by atoms with E-state index in [0.29, 0.717) is 5.15 Å². The Balaban J connectivity index is 1.57. The van der Waals surface area contributed by atoms with Gasteiger partial charge in [0.1, 0.15) is 10.9 Å². The zero-order valence-corrected chi connectivity index (χ0v) is 16.3. The lowest BCUT2D eigenvalue weighted by Gasteiger charge is -2.28. The van der Waals surface area contributed by atoms with Crippen LogP contribution in [0.3, 0.4) is 0 Å². The van der Waals surface area contributed by atoms with Crippen LogP contribution in [0.1, 0.15) is 16.8 Å². The summed E-state index contributed by atoms with van der Waals surface area (Å²) in [5, 5.41) is 2.43. The summed E-state index contributed by atoms with van der Waals surface area (Å²) >= 11 is 8.02. The lowest BCUT2D eigenvalue weighted by atomic mass is 10.1. The smallest absolute Gasteiger partial charge is 0.187 e. The molecule has 0 saturated carbocycles. The van der Waals surface area contributed by atoms with Crippen LogP contribution >= 0.6 is 23.4 Å². The van der Waals surface area contributed by atoms with Gasteiger partial charge in [0.05, 0.1) is 18.3 Å². The first-order chi connectivity index (χ1) is 12.7. The van der Waals surface area contributed by atoms with Gasteiger partial charge in [0.2, 0.25) is 0 Å². The third-order valence-electron chi connectivity index (χ3n) is 4.62. The van der Waals surface area contributed by atoms with Crippen LogP contribution in [-0.2, 0) is 19.5 Å². The van der Waals surface area contributed by atoms with Gasteiger partial charge >= 0.3 is 0 Å². The molecule has 0 fully saturated rings. The van der Waals surface area contributed by atoms with E-state index in [9.17, 15) is 0 Å². The fraction of sp³-hybridized carbons (Fsp3) is 0.316. The highest BCUT2D eigenvalue weighted by atomic mass is 35.5. The Kier molecular flexibility index (Phi) is 4.98. The van der Waals surface area contributed by atoms with E-state index in [2.05, 4.69) is 25.9 Å². The minimum atomic E-state index is 0.558. The van der Waals surface area contributed by atoms with Gasteiger partial charge in [-0.05, 0) is 30.5 Å². The molecule has 26 heavy (non-hydrogen) atoms. The van der Waals surface area contributed by atoms with Crippen molar-refractivity contribution in [2.75, 3.05) is 19.9 Å². The highest BCUT2D eigenvalue weighted by Crippen LogP contribution is 2.27. The summed E-state index contributed by atoms with van der Waals surface area (Å²) in [4.78, 5) is 15.9. The fourth-order valence-electron chi connectivity index (χ4n) is 3.24. The number of fused-ring (bicyclic) bond motifs is 2. The summed E-state index contributed by atoms with van der Waals surface area (Å²) in [7, 11) is 1.67. The molecule has 0 amide bonds. The third-order valence-corrected chi connectivity index (χ3v) is 5.50. The first kappa shape index (κ1) is 17.5. The van der Waals surface area contributed by atoms with E-state index in [1.165, 1.54) is 5.56 Å². The van der Waals surface area contributed by atoms with E-state index < -0.39 is 0 Å². The Bertz CT molecular complexity index is 966. The Labute approximate surface area is 161 Å². The predicted molar refractivity (Wildman–Crippen MR) is 105 cm³/mol. The van der Waals surface area contributed by atoms with Gasteiger partial charge in [-0.2, -0.15) is 0 Å². The van der Waals surface area contributed by atoms with Crippen LogP contribution in [0, 0.1) is 0 Å². The molecule has 1 aliphatic heterocycles. The SMILES string of the molecule is COc1ccc2nc(Cl)c(CN3CCc4nc(SC)ncc4C3)cc2c1. The Morgan fingerprint density at radius 3 is 2.96 bits per heavy atom. The van der Waals surface area contributed by atoms with Gasteiger partial charge < -0.3 is 4.74 Å². The fourth-order valence-corrected chi connectivity index (χ4v) is 3.81. The van der Waals surface area contributed by atoms with Crippen molar-refractivity contribution in [3.63, 3.8) is 0 Å². The van der Waals surface area contributed by atoms with Crippen LogP contribution in [0.4, 0.5) is 0 Å². The van der Waals surface area contributed by atoms with Crippen LogP contribution in [0.15, 0.2) is 35.6 Å². The molecule has 7 heteroatoms. The lowest BCUT2D eigenvalue weighted by Crippen LogP contribution is -2.31. The summed E-state index contributed by atoms with van der Waals surface area (Å²) in [6.07, 6.45) is 4.88. The van der Waals surface area contributed by atoms with E-state index in [1.807, 2.05) is 30.7 Å². The summed E-state index contributed by atoms with van der Waals surface area (Å²) in [6.45, 7) is 2.53. The van der Waals surface area contributed by atoms with Crippen LogP contribution in [0.2, 0.25) is 5.15 Å². The number of pyridine rings is 1. The molecule has 0 radical (unpaired) electrons. The van der Waals surface area contributed by atoms with E-state index >= 15 is 0 Å². The molecule has 134 valence electrons. The maximum Gasteiger partial charge on any atom is 0.187 e. The number of hydrogen-bond acceptors (Lipinski definition) is 6. The van der Waals surface area contributed by atoms with Crippen molar-refractivity contribution in [2.45, 2.75) is 24.7 Å². The van der Waals surface area contributed by atoms with Gasteiger partial charge in [0, 0.05) is 48.8 Å². The quantitative estimate of drug-likeness (QED) is 0.384. The molecule has 3 aromatic rings. The number of aromatic nitrogens is 3. The third kappa shape index (κ3) is 3.49. The van der Waals surface area contributed by atoms with Gasteiger partial charge in [0.25, 0.3) is 0 Å². The van der Waals surface area contributed by atoms with Gasteiger partial charge in [0.15, 0.2) is 5.16 Å². The van der Waals surface area contributed by atoms with Crippen molar-refractivity contribution < 1.29 is 4.74 Å². The summed E-state index contributed by atoms with van der Waals surface area (Å²) in [6, 6.07) is 7.93. The molecule has 0 spiro atoms. The van der Waals surface area contributed by atoms with E-state index in [0.717, 1.165) is 59.1 Å². The number of hydrogen-bond donors (Lipinski definition) is 0. The van der Waals surface area contributed by atoms with Crippen LogP contribution in [0.25, 0.3) is 10.9 Å². The molecule has 3 heterocycles. The molecule has 4 rings (SSSR count). The number of ether oxygens (including phenoxy) is 1. The summed E-state index contributed by atoms with van der Waals surface area (Å²) in [5.41, 5.74) is 4.26. The number of rotatable bonds is 4. The van der Waals surface area contributed by atoms with E-state index in [-0.39, 0.29) is 0 Å². The van der Waals surface area contributed by atoms with Crippen LogP contribution in [-0.4, -0.2) is 39.8 Å². The summed E-state index contributed by atoms with van der Waals surface area (Å²) < 4.78 is 5.31. The molecule has 0 unspecified atom stereocenters. The maximum absolute atomic E-state index is 6.44. The largest absolute Gasteiger partial charge is 0.497 e. The second-order valence-electron chi connectivity index (χ2n) is 6.29. The molecular formula is C19H19ClN4OS. The standard InChI is InChI=1S/C19H19ClN4OS/c1-25-15-3-4-16-12(8-15)7-13(18(20)22-16)10-24-6-5-17-14(11-24)9-21-19(23-17)26-2/h3-4,7-9H,5-6,10-11H2,1-2H3. The van der Waals surface area contributed by atoms with Crippen molar-refractivity contribution in [3.8, 4) is 5.75 Å². The number of thioether (sulfide) groups is 1. The average Bonchev–Trinajstić information content (AvgIpc) is 2.67. The lowest BCUT2D eigenvalue weighted by molar-refractivity contribution is 0.242. The Hall–Kier alpha value is -1.89. The van der Waals surface area contributed by atoms with Crippen molar-refractivity contribution >= 4 is 34.3 Å². The van der Waals surface area contributed by atoms with E-state index in [1.54, 1.807) is 18.9 Å². The number of nitrogens with zero attached hydrogens (tertiary/aromatic N) is 4. The molecule has 2 aromatic heterocycles. The normalized spacial score (nSPS) is 14.4. The topological polar surface area (TPSA) is 51.1 Å². The van der Waals surface area contributed by atoms with Crippen molar-refractivity contribution in [1.82, 2.24) is 19.9 Å². The average molecular weight is 387 g/mol. The first-order valence-electron chi connectivity index (χ1n) is 8.40. The van der Waals surface area contributed by atoms with Crippen molar-refractivity contribution in [2.24, 2.45) is 0 Å². The van der Waals surface area contributed by atoms with Crippen molar-refractivity contribution in [1.29, 1.82) is 0 Å². The summed E-state index contributed by atoms with van der Waals surface area (Å²) in [5.74, 6) is 0.821. The molecular weight excluding hydrogens is 368 g/mol. The Morgan fingerprint density at radius 1 is 1.27 bits per heavy atom. The number of benzene rings is 1. The molecule has 0 saturated heterocycles. The maximum atomic E-state index is 6.44. The van der Waals surface area contributed by atoms with Gasteiger partial charge in [-0.15, -0.1) is 0 Å². The second kappa shape index (κ2) is 7.39. The Morgan fingerprint density at radius 2 is 2.15 bits per heavy atom. The van der Waals surface area contributed by atoms with Crippen molar-refractivity contribution in [3.05, 3.63) is 52.4 Å². The zero-order chi connectivity index (χ0) is 18.1. The minimum absolute atomic E-state index is 0.558. The highest BCUT2D eigenvalue weighted by molar-refractivity contribution is 7.98. The monoisotopic (exact) mass is 386 g/mol. The van der Waals surface area contributed by atoms with Crippen LogP contribution in [0.5, 0.6) is 5.75 Å². The molecule has 0 N–H and O–H groups in total. The predicted octanol–water partition coefficient (Wildman–Crippen LogP) is 3.97. The zero-order valence-electron chi connectivity index (χ0n) is 14.7. The molecule has 5 nitrogen and oxygen atoms in total. The van der Waals surface area contributed by atoms with Gasteiger partial charge in [-0.3, -0.25) is 4.90 Å². The van der Waals surface area contributed by atoms with Gasteiger partial charge in [-0.25, -0.2) is 15.0 Å². The number of methoxy groups -OCH3 is 1. The number of halogens is 1. The second-order valence-corrected chi connectivity index (χ2v) is 7.42. The molecule has 1 aromatic carbocycles. The van der Waals surface area contributed by atoms with Gasteiger partial charge in [-0.1, -0.05) is 23.4 Å². The molecule has 0 aliphatic carbocycles. The van der Waals surface area contributed by atoms with Crippen LogP contribution < -0.4 is 4.74 Å². The first-order valence-corrected chi connectivity index (χ1v) is 10.0. The highest BCUT2D eigenvalue weighted by Gasteiger charge is 2.20. The molecule has 0 bridgehead atoms. The molecule has 1 aliphatic rings.